The van der Waals surface area contributed by atoms with Crippen molar-refractivity contribution in [3.63, 3.8) is 0 Å². The van der Waals surface area contributed by atoms with Crippen LogP contribution in [-0.4, -0.2) is 44.3 Å². The molecule has 0 spiro atoms. The second kappa shape index (κ2) is 7.92. The molecular weight excluding hydrogens is 318 g/mol. The third kappa shape index (κ3) is 4.23. The van der Waals surface area contributed by atoms with E-state index in [2.05, 4.69) is 22.2 Å². The van der Waals surface area contributed by atoms with E-state index in [4.69, 9.17) is 0 Å². The van der Waals surface area contributed by atoms with E-state index in [1.165, 1.54) is 0 Å². The molecule has 1 unspecified atom stereocenters. The molecule has 2 aromatic rings. The molecule has 1 N–H and O–H groups in total. The van der Waals surface area contributed by atoms with Gasteiger partial charge in [0.15, 0.2) is 0 Å². The van der Waals surface area contributed by atoms with Crippen molar-refractivity contribution in [2.75, 3.05) is 13.1 Å². The highest BCUT2D eigenvalue weighted by atomic mass is 16.2. The third-order valence-electron chi connectivity index (χ3n) is 4.43. The lowest BCUT2D eigenvalue weighted by Crippen LogP contribution is -2.34. The lowest BCUT2D eigenvalue weighted by atomic mass is 10.1. The fourth-order valence-corrected chi connectivity index (χ4v) is 3.09. The maximum absolute atomic E-state index is 12.3. The van der Waals surface area contributed by atoms with Crippen molar-refractivity contribution in [1.82, 2.24) is 24.8 Å². The van der Waals surface area contributed by atoms with Gasteiger partial charge in [0, 0.05) is 51.1 Å². The summed E-state index contributed by atoms with van der Waals surface area (Å²) in [6.07, 6.45) is 6.52. The summed E-state index contributed by atoms with van der Waals surface area (Å²) in [5.41, 5.74) is 0.837. The van der Waals surface area contributed by atoms with E-state index in [-0.39, 0.29) is 24.2 Å². The van der Waals surface area contributed by atoms with Crippen LogP contribution in [0.25, 0.3) is 0 Å². The largest absolute Gasteiger partial charge is 0.354 e. The van der Waals surface area contributed by atoms with Crippen molar-refractivity contribution in [2.45, 2.75) is 32.9 Å². The van der Waals surface area contributed by atoms with Crippen LogP contribution in [0.2, 0.25) is 0 Å². The molecule has 7 heteroatoms. The summed E-state index contributed by atoms with van der Waals surface area (Å²) in [5, 5.41) is 2.94. The van der Waals surface area contributed by atoms with Crippen LogP contribution in [-0.2, 0) is 29.1 Å². The fourth-order valence-electron chi connectivity index (χ4n) is 3.09. The van der Waals surface area contributed by atoms with E-state index in [9.17, 15) is 9.59 Å². The highest BCUT2D eigenvalue weighted by molar-refractivity contribution is 5.89. The maximum atomic E-state index is 12.3. The predicted molar refractivity (Wildman–Crippen MR) is 92.4 cm³/mol. The number of carbonyl (C=O) groups is 2. The molecule has 0 radical (unpaired) electrons. The van der Waals surface area contributed by atoms with Crippen LogP contribution in [0.3, 0.4) is 0 Å². The number of aryl methyl sites for hydroxylation is 1. The van der Waals surface area contributed by atoms with Gasteiger partial charge in [0.2, 0.25) is 11.8 Å². The van der Waals surface area contributed by atoms with Crippen molar-refractivity contribution in [1.29, 1.82) is 0 Å². The molecule has 7 nitrogen and oxygen atoms in total. The van der Waals surface area contributed by atoms with Gasteiger partial charge in [0.05, 0.1) is 18.2 Å². The summed E-state index contributed by atoms with van der Waals surface area (Å²) in [6.45, 7) is 4.18. The zero-order valence-corrected chi connectivity index (χ0v) is 14.4. The highest BCUT2D eigenvalue weighted by Gasteiger charge is 2.34. The Morgan fingerprint density at radius 3 is 2.96 bits per heavy atom. The first-order valence-electron chi connectivity index (χ1n) is 8.62. The topological polar surface area (TPSA) is 80.1 Å². The molecule has 3 heterocycles. The van der Waals surface area contributed by atoms with Crippen LogP contribution in [0.5, 0.6) is 0 Å². The van der Waals surface area contributed by atoms with Gasteiger partial charge >= 0.3 is 0 Å². The standard InChI is InChI=1S/C18H23N5O2/c1-2-16-20-7-9-22(16)10-8-21-18(25)14-11-17(24)23(12-14)13-15-5-3-4-6-19-15/h3-7,9,14H,2,8,10-13H2,1H3,(H,21,25). The summed E-state index contributed by atoms with van der Waals surface area (Å²) in [4.78, 5) is 34.7. The molecule has 132 valence electrons. The van der Waals surface area contributed by atoms with Gasteiger partial charge in [-0.05, 0) is 12.1 Å². The number of rotatable bonds is 7. The van der Waals surface area contributed by atoms with Gasteiger partial charge in [0.1, 0.15) is 5.82 Å². The van der Waals surface area contributed by atoms with Crippen molar-refractivity contribution >= 4 is 11.8 Å². The van der Waals surface area contributed by atoms with Gasteiger partial charge in [0.25, 0.3) is 0 Å². The zero-order chi connectivity index (χ0) is 17.6. The van der Waals surface area contributed by atoms with E-state index in [1.807, 2.05) is 29.0 Å². The molecule has 0 bridgehead atoms. The van der Waals surface area contributed by atoms with Gasteiger partial charge in [-0.2, -0.15) is 0 Å². The van der Waals surface area contributed by atoms with E-state index < -0.39 is 0 Å². The van der Waals surface area contributed by atoms with Crippen LogP contribution in [0.4, 0.5) is 0 Å². The molecule has 1 aliphatic heterocycles. The van der Waals surface area contributed by atoms with Gasteiger partial charge < -0.3 is 14.8 Å². The average molecular weight is 341 g/mol. The maximum Gasteiger partial charge on any atom is 0.225 e. The van der Waals surface area contributed by atoms with Crippen LogP contribution in [0.1, 0.15) is 24.9 Å². The minimum atomic E-state index is -0.287. The first-order chi connectivity index (χ1) is 12.2. The number of nitrogens with zero attached hydrogens (tertiary/aromatic N) is 4. The highest BCUT2D eigenvalue weighted by Crippen LogP contribution is 2.19. The van der Waals surface area contributed by atoms with Crippen LogP contribution >= 0.6 is 0 Å². The number of pyridine rings is 1. The number of hydrogen-bond donors (Lipinski definition) is 1. The number of aromatic nitrogens is 3. The Labute approximate surface area is 147 Å². The van der Waals surface area contributed by atoms with Crippen LogP contribution < -0.4 is 5.32 Å². The lowest BCUT2D eigenvalue weighted by Gasteiger charge is -2.16. The molecule has 2 aromatic heterocycles. The second-order valence-electron chi connectivity index (χ2n) is 6.18. The summed E-state index contributed by atoms with van der Waals surface area (Å²) in [5.74, 6) is 0.667. The molecule has 0 aromatic carbocycles. The van der Waals surface area contributed by atoms with Gasteiger partial charge in [-0.25, -0.2) is 4.98 Å². The Hall–Kier alpha value is -2.70. The molecule has 0 aliphatic carbocycles. The molecule has 2 amide bonds. The summed E-state index contributed by atoms with van der Waals surface area (Å²) >= 11 is 0. The SMILES string of the molecule is CCc1nccn1CCNC(=O)C1CC(=O)N(Cc2ccccn2)C1. The summed E-state index contributed by atoms with van der Waals surface area (Å²) in [7, 11) is 0. The van der Waals surface area contributed by atoms with Gasteiger partial charge in [-0.15, -0.1) is 0 Å². The molecular formula is C18H23N5O2. The molecule has 1 atom stereocenters. The monoisotopic (exact) mass is 341 g/mol. The third-order valence-corrected chi connectivity index (χ3v) is 4.43. The van der Waals surface area contributed by atoms with Gasteiger partial charge in [-0.1, -0.05) is 13.0 Å². The quantitative estimate of drug-likeness (QED) is 0.815. The Morgan fingerprint density at radius 1 is 1.32 bits per heavy atom. The normalized spacial score (nSPS) is 17.1. The van der Waals surface area contributed by atoms with E-state index in [0.717, 1.165) is 17.9 Å². The van der Waals surface area contributed by atoms with Crippen LogP contribution in [0.15, 0.2) is 36.8 Å². The first-order valence-corrected chi connectivity index (χ1v) is 8.62. The van der Waals surface area contributed by atoms with Crippen LogP contribution in [0, 0.1) is 5.92 Å². The number of nitrogens with one attached hydrogen (secondary N) is 1. The summed E-state index contributed by atoms with van der Waals surface area (Å²) in [6, 6.07) is 5.63. The molecule has 1 saturated heterocycles. The molecule has 3 rings (SSSR count). The van der Waals surface area contributed by atoms with Crippen molar-refractivity contribution in [2.24, 2.45) is 5.92 Å². The second-order valence-corrected chi connectivity index (χ2v) is 6.18. The van der Waals surface area contributed by atoms with E-state index >= 15 is 0 Å². The molecule has 25 heavy (non-hydrogen) atoms. The Bertz CT molecular complexity index is 728. The number of likely N-dealkylation sites (tertiary alicyclic amines) is 1. The molecule has 0 saturated carbocycles. The minimum absolute atomic E-state index is 0.00804. The minimum Gasteiger partial charge on any atom is -0.354 e. The Kier molecular flexibility index (Phi) is 5.42. The lowest BCUT2D eigenvalue weighted by molar-refractivity contribution is -0.129. The number of hydrogen-bond acceptors (Lipinski definition) is 4. The predicted octanol–water partition coefficient (Wildman–Crippen LogP) is 1.01. The average Bonchev–Trinajstić information content (AvgIpc) is 3.22. The van der Waals surface area contributed by atoms with E-state index in [1.54, 1.807) is 17.3 Å². The van der Waals surface area contributed by atoms with E-state index in [0.29, 0.717) is 26.2 Å². The van der Waals surface area contributed by atoms with Crippen molar-refractivity contribution < 1.29 is 9.59 Å². The Morgan fingerprint density at radius 2 is 2.20 bits per heavy atom. The molecule has 1 aliphatic rings. The smallest absolute Gasteiger partial charge is 0.225 e. The first kappa shape index (κ1) is 17.1. The zero-order valence-electron chi connectivity index (χ0n) is 14.4. The molecule has 1 fully saturated rings. The fraction of sp³-hybridized carbons (Fsp3) is 0.444. The number of imidazole rings is 1. The Balaban J connectivity index is 1.47. The number of carbonyl (C=O) groups excluding carboxylic acids is 2. The van der Waals surface area contributed by atoms with Crippen molar-refractivity contribution in [3.8, 4) is 0 Å². The number of amides is 2. The van der Waals surface area contributed by atoms with Gasteiger partial charge in [-0.3, -0.25) is 14.6 Å². The van der Waals surface area contributed by atoms with Crippen molar-refractivity contribution in [3.05, 3.63) is 48.3 Å². The summed E-state index contributed by atoms with van der Waals surface area (Å²) < 4.78 is 2.04.